The molecule has 4 nitrogen and oxygen atoms in total. The van der Waals surface area contributed by atoms with Crippen molar-refractivity contribution in [3.8, 4) is 0 Å². The topological polar surface area (TPSA) is 41.6 Å². The number of anilines is 1. The van der Waals surface area contributed by atoms with Crippen LogP contribution in [0.2, 0.25) is 0 Å². The molecule has 4 heteroatoms. The van der Waals surface area contributed by atoms with Crippen LogP contribution in [0.15, 0.2) is 30.3 Å². The van der Waals surface area contributed by atoms with Crippen LogP contribution in [0, 0.1) is 5.92 Å². The van der Waals surface area contributed by atoms with E-state index in [0.717, 1.165) is 38.0 Å². The number of rotatable bonds is 4. The molecule has 1 atom stereocenters. The molecular weight excluding hydrogens is 288 g/mol. The second kappa shape index (κ2) is 7.02. The van der Waals surface area contributed by atoms with E-state index >= 15 is 0 Å². The van der Waals surface area contributed by atoms with Gasteiger partial charge in [-0.3, -0.25) is 4.79 Å². The first-order valence-corrected chi connectivity index (χ1v) is 8.81. The summed E-state index contributed by atoms with van der Waals surface area (Å²) < 4.78 is 6.22. The number of hydrogen-bond acceptors (Lipinski definition) is 3. The molecule has 1 N–H and O–H groups in total. The summed E-state index contributed by atoms with van der Waals surface area (Å²) in [6.45, 7) is 6.87. The Morgan fingerprint density at radius 3 is 2.65 bits per heavy atom. The monoisotopic (exact) mass is 316 g/mol. The molecule has 0 aliphatic carbocycles. The minimum atomic E-state index is -0.0267. The number of carbonyl (C=O) groups excluding carboxylic acids is 1. The standard InChI is InChI=1S/C19H28N2O2/c1-15(2)12-18(22)21(16-6-4-3-5-7-16)17-13-19(23-14-17)8-10-20-11-9-19/h3-7,15,17,20H,8-14H2,1-2H3. The van der Waals surface area contributed by atoms with Crippen molar-refractivity contribution in [3.05, 3.63) is 30.3 Å². The minimum Gasteiger partial charge on any atom is -0.373 e. The normalized spacial score (nSPS) is 23.3. The molecular formula is C19H28N2O2. The molecule has 2 aliphatic heterocycles. The van der Waals surface area contributed by atoms with Gasteiger partial charge in [0.1, 0.15) is 0 Å². The zero-order valence-electron chi connectivity index (χ0n) is 14.3. The van der Waals surface area contributed by atoms with Crippen LogP contribution in [-0.4, -0.2) is 37.2 Å². The van der Waals surface area contributed by atoms with Gasteiger partial charge in [-0.2, -0.15) is 0 Å². The lowest BCUT2D eigenvalue weighted by Gasteiger charge is -2.34. The average molecular weight is 316 g/mol. The first kappa shape index (κ1) is 16.5. The van der Waals surface area contributed by atoms with Gasteiger partial charge in [0.15, 0.2) is 0 Å². The number of piperidine rings is 1. The maximum absolute atomic E-state index is 12.9. The molecule has 2 saturated heterocycles. The van der Waals surface area contributed by atoms with E-state index in [4.69, 9.17) is 4.74 Å². The fourth-order valence-corrected chi connectivity index (χ4v) is 3.81. The van der Waals surface area contributed by atoms with Gasteiger partial charge in [0, 0.05) is 12.1 Å². The molecule has 23 heavy (non-hydrogen) atoms. The molecule has 2 fully saturated rings. The van der Waals surface area contributed by atoms with Crippen LogP contribution in [0.1, 0.15) is 39.5 Å². The summed E-state index contributed by atoms with van der Waals surface area (Å²) >= 11 is 0. The number of carbonyl (C=O) groups is 1. The van der Waals surface area contributed by atoms with Crippen molar-refractivity contribution < 1.29 is 9.53 Å². The summed E-state index contributed by atoms with van der Waals surface area (Å²) in [5, 5.41) is 3.40. The Kier molecular flexibility index (Phi) is 5.02. The van der Waals surface area contributed by atoms with Crippen molar-refractivity contribution in [1.82, 2.24) is 5.32 Å². The van der Waals surface area contributed by atoms with E-state index in [1.165, 1.54) is 0 Å². The van der Waals surface area contributed by atoms with Gasteiger partial charge in [-0.25, -0.2) is 0 Å². The highest BCUT2D eigenvalue weighted by Gasteiger charge is 2.44. The highest BCUT2D eigenvalue weighted by atomic mass is 16.5. The molecule has 3 rings (SSSR count). The number of ether oxygens (including phenoxy) is 1. The van der Waals surface area contributed by atoms with Crippen molar-refractivity contribution in [2.24, 2.45) is 5.92 Å². The SMILES string of the molecule is CC(C)CC(=O)N(c1ccccc1)C1COC2(CCNCC2)C1. The van der Waals surface area contributed by atoms with Crippen LogP contribution in [0.3, 0.4) is 0 Å². The Labute approximate surface area is 139 Å². The smallest absolute Gasteiger partial charge is 0.227 e. The molecule has 0 radical (unpaired) electrons. The Balaban J connectivity index is 1.80. The summed E-state index contributed by atoms with van der Waals surface area (Å²) in [7, 11) is 0. The maximum Gasteiger partial charge on any atom is 0.227 e. The minimum absolute atomic E-state index is 0.0267. The molecule has 1 spiro atoms. The predicted molar refractivity (Wildman–Crippen MR) is 92.6 cm³/mol. The van der Waals surface area contributed by atoms with Crippen LogP contribution in [0.25, 0.3) is 0 Å². The van der Waals surface area contributed by atoms with Gasteiger partial charge in [-0.1, -0.05) is 32.0 Å². The fourth-order valence-electron chi connectivity index (χ4n) is 3.81. The molecule has 1 amide bonds. The molecule has 1 aromatic carbocycles. The highest BCUT2D eigenvalue weighted by molar-refractivity contribution is 5.94. The van der Waals surface area contributed by atoms with E-state index < -0.39 is 0 Å². The first-order valence-electron chi connectivity index (χ1n) is 8.81. The summed E-state index contributed by atoms with van der Waals surface area (Å²) in [6, 6.07) is 10.2. The van der Waals surface area contributed by atoms with Crippen LogP contribution < -0.4 is 10.2 Å². The average Bonchev–Trinajstić information content (AvgIpc) is 2.91. The molecule has 2 aliphatic rings. The molecule has 0 bridgehead atoms. The quantitative estimate of drug-likeness (QED) is 0.928. The van der Waals surface area contributed by atoms with E-state index in [1.807, 2.05) is 35.2 Å². The molecule has 0 saturated carbocycles. The van der Waals surface area contributed by atoms with E-state index in [-0.39, 0.29) is 17.6 Å². The lowest BCUT2D eigenvalue weighted by molar-refractivity contribution is -0.119. The van der Waals surface area contributed by atoms with Crippen molar-refractivity contribution in [3.63, 3.8) is 0 Å². The Bertz CT molecular complexity index is 523. The lowest BCUT2D eigenvalue weighted by Crippen LogP contribution is -2.44. The molecule has 2 heterocycles. The van der Waals surface area contributed by atoms with E-state index in [0.29, 0.717) is 18.9 Å². The van der Waals surface area contributed by atoms with Gasteiger partial charge in [-0.05, 0) is 50.4 Å². The third kappa shape index (κ3) is 3.75. The summed E-state index contributed by atoms with van der Waals surface area (Å²) in [4.78, 5) is 14.9. The molecule has 126 valence electrons. The largest absolute Gasteiger partial charge is 0.373 e. The lowest BCUT2D eigenvalue weighted by atomic mass is 9.87. The first-order chi connectivity index (χ1) is 11.1. The fraction of sp³-hybridized carbons (Fsp3) is 0.632. The van der Waals surface area contributed by atoms with Crippen molar-refractivity contribution in [2.45, 2.75) is 51.2 Å². The number of hydrogen-bond donors (Lipinski definition) is 1. The van der Waals surface area contributed by atoms with Crippen molar-refractivity contribution in [2.75, 3.05) is 24.6 Å². The van der Waals surface area contributed by atoms with Crippen LogP contribution in [0.4, 0.5) is 5.69 Å². The van der Waals surface area contributed by atoms with Gasteiger partial charge in [0.05, 0.1) is 18.2 Å². The molecule has 1 aromatic rings. The zero-order chi connectivity index (χ0) is 16.3. The second-order valence-electron chi connectivity index (χ2n) is 7.30. The van der Waals surface area contributed by atoms with Crippen LogP contribution in [0.5, 0.6) is 0 Å². The van der Waals surface area contributed by atoms with Gasteiger partial charge in [0.2, 0.25) is 5.91 Å². The molecule has 1 unspecified atom stereocenters. The van der Waals surface area contributed by atoms with Gasteiger partial charge in [-0.15, -0.1) is 0 Å². The van der Waals surface area contributed by atoms with Gasteiger partial charge in [0.25, 0.3) is 0 Å². The number of amides is 1. The van der Waals surface area contributed by atoms with E-state index in [2.05, 4.69) is 19.2 Å². The third-order valence-electron chi connectivity index (χ3n) is 4.96. The zero-order valence-corrected chi connectivity index (χ0v) is 14.3. The van der Waals surface area contributed by atoms with Gasteiger partial charge >= 0.3 is 0 Å². The summed E-state index contributed by atoms with van der Waals surface area (Å²) in [5.74, 6) is 0.578. The third-order valence-corrected chi connectivity index (χ3v) is 4.96. The Hall–Kier alpha value is -1.39. The second-order valence-corrected chi connectivity index (χ2v) is 7.30. The maximum atomic E-state index is 12.9. The van der Waals surface area contributed by atoms with Crippen molar-refractivity contribution >= 4 is 11.6 Å². The summed E-state index contributed by atoms with van der Waals surface area (Å²) in [5.41, 5.74) is 0.971. The van der Waals surface area contributed by atoms with Gasteiger partial charge < -0.3 is 15.0 Å². The predicted octanol–water partition coefficient (Wildman–Crippen LogP) is 2.98. The number of nitrogens with zero attached hydrogens (tertiary/aromatic N) is 1. The van der Waals surface area contributed by atoms with Crippen molar-refractivity contribution in [1.29, 1.82) is 0 Å². The Morgan fingerprint density at radius 1 is 1.30 bits per heavy atom. The van der Waals surface area contributed by atoms with Crippen LogP contribution in [-0.2, 0) is 9.53 Å². The number of benzene rings is 1. The Morgan fingerprint density at radius 2 is 2.00 bits per heavy atom. The summed E-state index contributed by atoms with van der Waals surface area (Å²) in [6.07, 6.45) is 3.63. The molecule has 0 aromatic heterocycles. The van der Waals surface area contributed by atoms with E-state index in [9.17, 15) is 4.79 Å². The number of nitrogens with one attached hydrogen (secondary N) is 1. The van der Waals surface area contributed by atoms with Crippen LogP contribution >= 0.6 is 0 Å². The highest BCUT2D eigenvalue weighted by Crippen LogP contribution is 2.37. The number of para-hydroxylation sites is 1. The van der Waals surface area contributed by atoms with E-state index in [1.54, 1.807) is 0 Å².